The number of hydrogen-bond donors (Lipinski definition) is 0. The fourth-order valence-corrected chi connectivity index (χ4v) is 2.54. The van der Waals surface area contributed by atoms with Gasteiger partial charge >= 0.3 is 0 Å². The molecule has 0 aliphatic rings. The van der Waals surface area contributed by atoms with E-state index >= 15 is 0 Å². The minimum Gasteiger partial charge on any atom is -0.263 e. The van der Waals surface area contributed by atoms with Crippen molar-refractivity contribution in [1.29, 1.82) is 0 Å². The maximum Gasteiger partial charge on any atom is 0.0621 e. The summed E-state index contributed by atoms with van der Waals surface area (Å²) in [6.07, 6.45) is 4.46. The van der Waals surface area contributed by atoms with Crippen molar-refractivity contribution in [3.8, 4) is 0 Å². The third-order valence-corrected chi connectivity index (χ3v) is 4.39. The van der Waals surface area contributed by atoms with Crippen LogP contribution in [0.25, 0.3) is 0 Å². The molecule has 84 valence electrons. The zero-order chi connectivity index (χ0) is 11.4. The van der Waals surface area contributed by atoms with Crippen molar-refractivity contribution in [2.75, 3.05) is 0 Å². The Hall–Kier alpha value is -0.0800. The Morgan fingerprint density at radius 2 is 2.07 bits per heavy atom. The van der Waals surface area contributed by atoms with Crippen LogP contribution in [0, 0.1) is 11.8 Å². The lowest BCUT2D eigenvalue weighted by atomic mass is 9.91. The Labute approximate surface area is 105 Å². The quantitative estimate of drug-likeness (QED) is 0.752. The lowest BCUT2D eigenvalue weighted by molar-refractivity contribution is 0.407. The van der Waals surface area contributed by atoms with Crippen LogP contribution in [0.15, 0.2) is 18.5 Å². The van der Waals surface area contributed by atoms with Crippen molar-refractivity contribution in [3.63, 3.8) is 0 Å². The van der Waals surface area contributed by atoms with Crippen LogP contribution in [0.5, 0.6) is 0 Å². The van der Waals surface area contributed by atoms with Gasteiger partial charge in [-0.2, -0.15) is 0 Å². The third kappa shape index (κ3) is 3.76. The number of rotatable bonds is 4. The smallest absolute Gasteiger partial charge is 0.0621 e. The van der Waals surface area contributed by atoms with Gasteiger partial charge < -0.3 is 0 Å². The highest BCUT2D eigenvalue weighted by Gasteiger charge is 2.18. The molecule has 0 amide bonds. The molecule has 1 heterocycles. The van der Waals surface area contributed by atoms with Crippen molar-refractivity contribution < 1.29 is 0 Å². The summed E-state index contributed by atoms with van der Waals surface area (Å²) in [6.45, 7) is 6.75. The molecule has 2 atom stereocenters. The zero-order valence-corrected chi connectivity index (χ0v) is 11.7. The van der Waals surface area contributed by atoms with Crippen molar-refractivity contribution >= 4 is 27.5 Å². The van der Waals surface area contributed by atoms with Gasteiger partial charge in [0, 0.05) is 17.2 Å². The van der Waals surface area contributed by atoms with E-state index in [2.05, 4.69) is 41.7 Å². The summed E-state index contributed by atoms with van der Waals surface area (Å²) >= 11 is 9.80. The first-order chi connectivity index (χ1) is 7.02. The van der Waals surface area contributed by atoms with Crippen molar-refractivity contribution in [1.82, 2.24) is 4.98 Å². The van der Waals surface area contributed by atoms with Gasteiger partial charge in [-0.1, -0.05) is 48.3 Å². The molecular weight excluding hydrogens is 273 g/mol. The lowest BCUT2D eigenvalue weighted by Crippen LogP contribution is -2.19. The first-order valence-corrected chi connectivity index (χ1v) is 6.54. The van der Waals surface area contributed by atoms with Crippen LogP contribution in [-0.2, 0) is 6.42 Å². The molecule has 0 radical (unpaired) electrons. The Kier molecular flexibility index (Phi) is 5.07. The lowest BCUT2D eigenvalue weighted by Gasteiger charge is -2.22. The summed E-state index contributed by atoms with van der Waals surface area (Å²) in [7, 11) is 0. The number of alkyl halides is 1. The van der Waals surface area contributed by atoms with Gasteiger partial charge in [0.05, 0.1) is 5.02 Å². The van der Waals surface area contributed by atoms with Crippen LogP contribution in [0.4, 0.5) is 0 Å². The minimum absolute atomic E-state index is 0.470. The van der Waals surface area contributed by atoms with Gasteiger partial charge in [0.25, 0.3) is 0 Å². The predicted molar refractivity (Wildman–Crippen MR) is 69.7 cm³/mol. The third-order valence-electron chi connectivity index (χ3n) is 2.89. The van der Waals surface area contributed by atoms with Gasteiger partial charge in [-0.25, -0.2) is 0 Å². The number of nitrogens with zero attached hydrogens (tertiary/aromatic N) is 1. The average molecular weight is 291 g/mol. The number of halogens is 2. The van der Waals surface area contributed by atoms with Gasteiger partial charge in [-0.15, -0.1) is 0 Å². The van der Waals surface area contributed by atoms with Crippen LogP contribution in [0.2, 0.25) is 5.02 Å². The normalized spacial score (nSPS) is 15.3. The molecule has 1 rings (SSSR count). The number of hydrogen-bond acceptors (Lipinski definition) is 1. The Morgan fingerprint density at radius 3 is 2.60 bits per heavy atom. The molecule has 0 fully saturated rings. The highest BCUT2D eigenvalue weighted by atomic mass is 79.9. The van der Waals surface area contributed by atoms with Crippen molar-refractivity contribution in [2.45, 2.75) is 32.0 Å². The standard InChI is InChI=1S/C12H17BrClN/c1-8(2)9(3)11(13)6-10-4-5-15-7-12(10)14/h4-5,7-9,11H,6H2,1-3H3. The van der Waals surface area contributed by atoms with E-state index in [0.717, 1.165) is 11.4 Å². The van der Waals surface area contributed by atoms with Crippen molar-refractivity contribution in [3.05, 3.63) is 29.0 Å². The SMILES string of the molecule is CC(C)C(C)C(Br)Cc1ccncc1Cl. The minimum atomic E-state index is 0.470. The molecule has 0 saturated carbocycles. The molecule has 15 heavy (non-hydrogen) atoms. The summed E-state index contributed by atoms with van der Waals surface area (Å²) in [5.41, 5.74) is 1.17. The summed E-state index contributed by atoms with van der Waals surface area (Å²) in [4.78, 5) is 4.45. The topological polar surface area (TPSA) is 12.9 Å². The van der Waals surface area contributed by atoms with Crippen molar-refractivity contribution in [2.24, 2.45) is 11.8 Å². The Balaban J connectivity index is 2.66. The van der Waals surface area contributed by atoms with Crippen LogP contribution in [0.3, 0.4) is 0 Å². The van der Waals surface area contributed by atoms with Gasteiger partial charge in [0.1, 0.15) is 0 Å². The van der Waals surface area contributed by atoms with E-state index in [1.54, 1.807) is 12.4 Å². The van der Waals surface area contributed by atoms with Gasteiger partial charge in [-0.05, 0) is 29.9 Å². The first kappa shape index (κ1) is 13.0. The maximum absolute atomic E-state index is 6.07. The Morgan fingerprint density at radius 1 is 1.40 bits per heavy atom. The van der Waals surface area contributed by atoms with E-state index in [9.17, 15) is 0 Å². The largest absolute Gasteiger partial charge is 0.263 e. The molecule has 0 bridgehead atoms. The molecule has 0 aliphatic carbocycles. The van der Waals surface area contributed by atoms with E-state index in [-0.39, 0.29) is 0 Å². The second-order valence-electron chi connectivity index (χ2n) is 4.29. The highest BCUT2D eigenvalue weighted by molar-refractivity contribution is 9.09. The van der Waals surface area contributed by atoms with Crippen LogP contribution in [0.1, 0.15) is 26.3 Å². The summed E-state index contributed by atoms with van der Waals surface area (Å²) in [6, 6.07) is 1.99. The molecular formula is C12H17BrClN. The predicted octanol–water partition coefficient (Wildman–Crippen LogP) is 4.33. The molecule has 2 unspecified atom stereocenters. The maximum atomic E-state index is 6.07. The summed E-state index contributed by atoms with van der Waals surface area (Å²) in [5.74, 6) is 1.31. The van der Waals surface area contributed by atoms with Crippen LogP contribution in [-0.4, -0.2) is 9.81 Å². The first-order valence-electron chi connectivity index (χ1n) is 5.24. The second-order valence-corrected chi connectivity index (χ2v) is 5.87. The molecule has 0 aliphatic heterocycles. The molecule has 1 nitrogen and oxygen atoms in total. The fourth-order valence-electron chi connectivity index (χ4n) is 1.38. The molecule has 1 aromatic heterocycles. The van der Waals surface area contributed by atoms with Gasteiger partial charge in [-0.3, -0.25) is 4.98 Å². The fraction of sp³-hybridized carbons (Fsp3) is 0.583. The molecule has 1 aromatic rings. The summed E-state index contributed by atoms with van der Waals surface area (Å²) < 4.78 is 0. The van der Waals surface area contributed by atoms with E-state index in [1.807, 2.05) is 6.07 Å². The average Bonchev–Trinajstić information content (AvgIpc) is 2.20. The number of pyridine rings is 1. The monoisotopic (exact) mass is 289 g/mol. The molecule has 3 heteroatoms. The van der Waals surface area contributed by atoms with Crippen LogP contribution >= 0.6 is 27.5 Å². The second kappa shape index (κ2) is 5.86. The van der Waals surface area contributed by atoms with Gasteiger partial charge in [0.15, 0.2) is 0 Å². The highest BCUT2D eigenvalue weighted by Crippen LogP contribution is 2.26. The van der Waals surface area contributed by atoms with E-state index in [1.165, 1.54) is 5.56 Å². The molecule has 0 saturated heterocycles. The van der Waals surface area contributed by atoms with Crippen LogP contribution < -0.4 is 0 Å². The van der Waals surface area contributed by atoms with E-state index in [0.29, 0.717) is 16.7 Å². The van der Waals surface area contributed by atoms with Gasteiger partial charge in [0.2, 0.25) is 0 Å². The van der Waals surface area contributed by atoms with E-state index in [4.69, 9.17) is 11.6 Å². The summed E-state index contributed by atoms with van der Waals surface area (Å²) in [5, 5.41) is 0.762. The zero-order valence-electron chi connectivity index (χ0n) is 9.37. The molecule has 0 aromatic carbocycles. The van der Waals surface area contributed by atoms with E-state index < -0.39 is 0 Å². The molecule has 0 spiro atoms. The number of aromatic nitrogens is 1. The Bertz CT molecular complexity index is 314. The molecule has 0 N–H and O–H groups in total.